The lowest BCUT2D eigenvalue weighted by molar-refractivity contribution is 0.302. The minimum Gasteiger partial charge on any atom is -0.493 e. The third-order valence-electron chi connectivity index (χ3n) is 4.06. The lowest BCUT2D eigenvalue weighted by Gasteiger charge is -2.21. The zero-order valence-electron chi connectivity index (χ0n) is 12.0. The summed E-state index contributed by atoms with van der Waals surface area (Å²) in [6.07, 6.45) is 5.07. The van der Waals surface area contributed by atoms with Gasteiger partial charge in [0, 0.05) is 30.3 Å². The Morgan fingerprint density at radius 3 is 3.05 bits per heavy atom. The van der Waals surface area contributed by atoms with Gasteiger partial charge in [-0.3, -0.25) is 4.68 Å². The first-order chi connectivity index (χ1) is 9.81. The van der Waals surface area contributed by atoms with Crippen molar-refractivity contribution >= 4 is 0 Å². The summed E-state index contributed by atoms with van der Waals surface area (Å²) >= 11 is 0. The normalized spacial score (nSPS) is 18.6. The second-order valence-corrected chi connectivity index (χ2v) is 5.26. The molecule has 0 radical (unpaired) electrons. The number of aryl methyl sites for hydroxylation is 1. The highest BCUT2D eigenvalue weighted by Gasteiger charge is 2.30. The van der Waals surface area contributed by atoms with Gasteiger partial charge in [-0.15, -0.1) is 0 Å². The highest BCUT2D eigenvalue weighted by atomic mass is 16.5. The highest BCUT2D eigenvalue weighted by Crippen LogP contribution is 2.36. The molecule has 3 rings (SSSR count). The number of likely N-dealkylation sites (N-methyl/N-ethyl adjacent to an activating group) is 1. The summed E-state index contributed by atoms with van der Waals surface area (Å²) in [4.78, 5) is 0. The van der Waals surface area contributed by atoms with Gasteiger partial charge in [0.2, 0.25) is 0 Å². The van der Waals surface area contributed by atoms with Crippen molar-refractivity contribution in [1.82, 2.24) is 15.1 Å². The van der Waals surface area contributed by atoms with Crippen LogP contribution in [-0.2, 0) is 13.0 Å². The average Bonchev–Trinajstić information content (AvgIpc) is 3.11. The average molecular weight is 271 g/mol. The molecular formula is C16H21N3O. The molecule has 2 atom stereocenters. The van der Waals surface area contributed by atoms with E-state index in [-0.39, 0.29) is 0 Å². The number of hydrogen-bond acceptors (Lipinski definition) is 3. The van der Waals surface area contributed by atoms with Gasteiger partial charge in [0.15, 0.2) is 0 Å². The zero-order chi connectivity index (χ0) is 13.9. The predicted molar refractivity (Wildman–Crippen MR) is 79.1 cm³/mol. The highest BCUT2D eigenvalue weighted by molar-refractivity contribution is 5.40. The van der Waals surface area contributed by atoms with E-state index in [1.54, 1.807) is 0 Å². The van der Waals surface area contributed by atoms with E-state index in [1.165, 1.54) is 11.1 Å². The van der Waals surface area contributed by atoms with Crippen LogP contribution in [0.1, 0.15) is 24.0 Å². The first-order valence-electron chi connectivity index (χ1n) is 7.22. The molecular weight excluding hydrogens is 250 g/mol. The fraction of sp³-hybridized carbons (Fsp3) is 0.438. The maximum atomic E-state index is 5.80. The molecule has 2 unspecified atom stereocenters. The number of benzene rings is 1. The van der Waals surface area contributed by atoms with E-state index in [9.17, 15) is 0 Å². The third-order valence-corrected chi connectivity index (χ3v) is 4.06. The Labute approximate surface area is 119 Å². The van der Waals surface area contributed by atoms with Crippen molar-refractivity contribution in [3.05, 3.63) is 47.8 Å². The molecule has 0 fully saturated rings. The van der Waals surface area contributed by atoms with Crippen molar-refractivity contribution in [2.75, 3.05) is 13.7 Å². The Balaban J connectivity index is 1.77. The van der Waals surface area contributed by atoms with Gasteiger partial charge in [0.05, 0.1) is 12.8 Å². The van der Waals surface area contributed by atoms with Crippen LogP contribution in [0.25, 0.3) is 0 Å². The molecule has 1 N–H and O–H groups in total. The topological polar surface area (TPSA) is 39.1 Å². The maximum absolute atomic E-state index is 5.80. The molecule has 0 spiro atoms. The zero-order valence-corrected chi connectivity index (χ0v) is 12.0. The van der Waals surface area contributed by atoms with Gasteiger partial charge in [-0.2, -0.15) is 5.10 Å². The lowest BCUT2D eigenvalue weighted by Crippen LogP contribution is -2.35. The van der Waals surface area contributed by atoms with Gasteiger partial charge in [-0.1, -0.05) is 18.2 Å². The largest absolute Gasteiger partial charge is 0.493 e. The Kier molecular flexibility index (Phi) is 3.74. The molecule has 2 heterocycles. The van der Waals surface area contributed by atoms with Gasteiger partial charge in [-0.05, 0) is 32.0 Å². The Morgan fingerprint density at radius 2 is 2.30 bits per heavy atom. The molecule has 2 aromatic rings. The van der Waals surface area contributed by atoms with Gasteiger partial charge >= 0.3 is 0 Å². The van der Waals surface area contributed by atoms with E-state index in [2.05, 4.69) is 41.7 Å². The standard InChI is InChI=1S/C16H21N3O/c1-3-19-10-12(9-18-19)8-15(17-2)14-11-20-16-7-5-4-6-13(14)16/h4-7,9-10,14-15,17H,3,8,11H2,1-2H3. The van der Waals surface area contributed by atoms with Crippen molar-refractivity contribution in [2.45, 2.75) is 31.8 Å². The van der Waals surface area contributed by atoms with Crippen LogP contribution in [0.15, 0.2) is 36.7 Å². The Hall–Kier alpha value is -1.81. The Morgan fingerprint density at radius 1 is 1.45 bits per heavy atom. The van der Waals surface area contributed by atoms with Gasteiger partial charge in [0.25, 0.3) is 0 Å². The number of nitrogens with zero attached hydrogens (tertiary/aromatic N) is 2. The maximum Gasteiger partial charge on any atom is 0.122 e. The molecule has 20 heavy (non-hydrogen) atoms. The number of rotatable bonds is 5. The second kappa shape index (κ2) is 5.67. The molecule has 1 aliphatic heterocycles. The molecule has 1 aromatic carbocycles. The van der Waals surface area contributed by atoms with Crippen LogP contribution in [-0.4, -0.2) is 29.5 Å². The minimum atomic E-state index is 0.369. The van der Waals surface area contributed by atoms with E-state index in [0.29, 0.717) is 12.0 Å². The summed E-state index contributed by atoms with van der Waals surface area (Å²) in [5.41, 5.74) is 2.59. The van der Waals surface area contributed by atoms with Gasteiger partial charge < -0.3 is 10.1 Å². The third kappa shape index (κ3) is 2.43. The number of fused-ring (bicyclic) bond motifs is 1. The van der Waals surface area contributed by atoms with Crippen LogP contribution in [0.3, 0.4) is 0 Å². The molecule has 0 aliphatic carbocycles. The molecule has 0 bridgehead atoms. The summed E-state index contributed by atoms with van der Waals surface area (Å²) in [6.45, 7) is 3.78. The SMILES string of the molecule is CCn1cc(CC(NC)C2COc3ccccc32)cn1. The van der Waals surface area contributed by atoms with Crippen LogP contribution in [0.5, 0.6) is 5.75 Å². The number of hydrogen-bond donors (Lipinski definition) is 1. The van der Waals surface area contributed by atoms with Crippen molar-refractivity contribution in [1.29, 1.82) is 0 Å². The molecule has 4 heteroatoms. The quantitative estimate of drug-likeness (QED) is 0.906. The molecule has 4 nitrogen and oxygen atoms in total. The predicted octanol–water partition coefficient (Wildman–Crippen LogP) is 2.21. The van der Waals surface area contributed by atoms with Crippen molar-refractivity contribution in [3.63, 3.8) is 0 Å². The first-order valence-corrected chi connectivity index (χ1v) is 7.22. The molecule has 1 aromatic heterocycles. The number of para-hydroxylation sites is 1. The van der Waals surface area contributed by atoms with Crippen LogP contribution < -0.4 is 10.1 Å². The number of aromatic nitrogens is 2. The van der Waals surface area contributed by atoms with E-state index in [4.69, 9.17) is 4.74 Å². The van der Waals surface area contributed by atoms with E-state index < -0.39 is 0 Å². The minimum absolute atomic E-state index is 0.369. The fourth-order valence-electron chi connectivity index (χ4n) is 2.90. The summed E-state index contributed by atoms with van der Waals surface area (Å²) in [7, 11) is 2.02. The summed E-state index contributed by atoms with van der Waals surface area (Å²) < 4.78 is 7.77. The molecule has 0 amide bonds. The van der Waals surface area contributed by atoms with E-state index in [0.717, 1.165) is 25.3 Å². The van der Waals surface area contributed by atoms with Crippen molar-refractivity contribution in [3.8, 4) is 5.75 Å². The monoisotopic (exact) mass is 271 g/mol. The van der Waals surface area contributed by atoms with Gasteiger partial charge in [0.1, 0.15) is 5.75 Å². The molecule has 106 valence electrons. The van der Waals surface area contributed by atoms with Crippen molar-refractivity contribution in [2.24, 2.45) is 0 Å². The van der Waals surface area contributed by atoms with Gasteiger partial charge in [-0.25, -0.2) is 0 Å². The summed E-state index contributed by atoms with van der Waals surface area (Å²) in [5.74, 6) is 1.43. The summed E-state index contributed by atoms with van der Waals surface area (Å²) in [5, 5.41) is 7.79. The van der Waals surface area contributed by atoms with E-state index >= 15 is 0 Å². The fourth-order valence-corrected chi connectivity index (χ4v) is 2.90. The van der Waals surface area contributed by atoms with Crippen LogP contribution in [0, 0.1) is 0 Å². The number of nitrogens with one attached hydrogen (secondary N) is 1. The first kappa shape index (κ1) is 13.2. The molecule has 0 saturated carbocycles. The smallest absolute Gasteiger partial charge is 0.122 e. The van der Waals surface area contributed by atoms with E-state index in [1.807, 2.05) is 24.0 Å². The number of ether oxygens (including phenoxy) is 1. The van der Waals surface area contributed by atoms with Crippen LogP contribution in [0.4, 0.5) is 0 Å². The lowest BCUT2D eigenvalue weighted by atomic mass is 9.90. The van der Waals surface area contributed by atoms with Crippen molar-refractivity contribution < 1.29 is 4.74 Å². The second-order valence-electron chi connectivity index (χ2n) is 5.26. The van der Waals surface area contributed by atoms with Crippen LogP contribution in [0.2, 0.25) is 0 Å². The van der Waals surface area contributed by atoms with Crippen LogP contribution >= 0.6 is 0 Å². The molecule has 1 aliphatic rings. The Bertz CT molecular complexity index is 579. The summed E-state index contributed by atoms with van der Waals surface area (Å²) in [6, 6.07) is 8.71. The molecule has 0 saturated heterocycles.